The molecular weight excluding hydrogens is 426 g/mol. The molecule has 1 heterocycles. The standard InChI is InChI=1S/C28H31N3O3/c1-22-7-5-6-10-24(22)19-28(33)31-17-15-30(16-18-31)26-13-11-25(12-14-26)29-27(32)21-34-20-23-8-3-2-4-9-23/h2-14H,15-21H2,1H3,(H,29,32). The third kappa shape index (κ3) is 6.45. The second-order valence-electron chi connectivity index (χ2n) is 8.54. The summed E-state index contributed by atoms with van der Waals surface area (Å²) in [5.41, 5.74) is 5.12. The third-order valence-electron chi connectivity index (χ3n) is 6.10. The van der Waals surface area contributed by atoms with Gasteiger partial charge in [0.1, 0.15) is 6.61 Å². The van der Waals surface area contributed by atoms with Gasteiger partial charge in [0.2, 0.25) is 11.8 Å². The molecule has 1 aliphatic heterocycles. The minimum atomic E-state index is -0.176. The number of aryl methyl sites for hydroxylation is 1. The van der Waals surface area contributed by atoms with Crippen molar-refractivity contribution in [2.75, 3.05) is 43.0 Å². The van der Waals surface area contributed by atoms with Crippen LogP contribution in [0.2, 0.25) is 0 Å². The second kappa shape index (κ2) is 11.5. The van der Waals surface area contributed by atoms with E-state index < -0.39 is 0 Å². The van der Waals surface area contributed by atoms with Gasteiger partial charge in [-0.2, -0.15) is 0 Å². The zero-order valence-corrected chi connectivity index (χ0v) is 19.6. The van der Waals surface area contributed by atoms with E-state index in [9.17, 15) is 9.59 Å². The smallest absolute Gasteiger partial charge is 0.250 e. The summed E-state index contributed by atoms with van der Waals surface area (Å²) in [5.74, 6) is 0.00551. The highest BCUT2D eigenvalue weighted by molar-refractivity contribution is 5.91. The van der Waals surface area contributed by atoms with E-state index in [-0.39, 0.29) is 18.4 Å². The quantitative estimate of drug-likeness (QED) is 0.555. The minimum Gasteiger partial charge on any atom is -0.368 e. The van der Waals surface area contributed by atoms with Gasteiger partial charge in [0, 0.05) is 37.6 Å². The van der Waals surface area contributed by atoms with Gasteiger partial charge >= 0.3 is 0 Å². The Morgan fingerprint density at radius 2 is 1.53 bits per heavy atom. The van der Waals surface area contributed by atoms with E-state index in [0.29, 0.717) is 26.1 Å². The van der Waals surface area contributed by atoms with Gasteiger partial charge in [-0.15, -0.1) is 0 Å². The number of hydrogen-bond donors (Lipinski definition) is 1. The molecule has 1 aliphatic rings. The lowest BCUT2D eigenvalue weighted by Crippen LogP contribution is -2.49. The maximum absolute atomic E-state index is 12.7. The molecule has 0 saturated carbocycles. The van der Waals surface area contributed by atoms with E-state index >= 15 is 0 Å². The van der Waals surface area contributed by atoms with E-state index in [4.69, 9.17) is 4.74 Å². The molecule has 1 fully saturated rings. The minimum absolute atomic E-state index is 0.00907. The van der Waals surface area contributed by atoms with Crippen molar-refractivity contribution in [3.8, 4) is 0 Å². The first kappa shape index (κ1) is 23.5. The summed E-state index contributed by atoms with van der Waals surface area (Å²) in [6.07, 6.45) is 0.454. The molecular formula is C28H31N3O3. The molecule has 0 aromatic heterocycles. The Hall–Kier alpha value is -3.64. The number of rotatable bonds is 8. The maximum atomic E-state index is 12.7. The van der Waals surface area contributed by atoms with Crippen LogP contribution in [0.3, 0.4) is 0 Å². The molecule has 3 aromatic carbocycles. The lowest BCUT2D eigenvalue weighted by molar-refractivity contribution is -0.130. The molecule has 1 saturated heterocycles. The fraction of sp³-hybridized carbons (Fsp3) is 0.286. The van der Waals surface area contributed by atoms with E-state index in [1.807, 2.05) is 90.7 Å². The van der Waals surface area contributed by atoms with Gasteiger partial charge in [-0.3, -0.25) is 9.59 Å². The highest BCUT2D eigenvalue weighted by atomic mass is 16.5. The van der Waals surface area contributed by atoms with Gasteiger partial charge in [0.15, 0.2) is 0 Å². The topological polar surface area (TPSA) is 61.9 Å². The Kier molecular flexibility index (Phi) is 7.94. The predicted octanol–water partition coefficient (Wildman–Crippen LogP) is 4.04. The summed E-state index contributed by atoms with van der Waals surface area (Å²) in [5, 5.41) is 2.87. The van der Waals surface area contributed by atoms with Crippen molar-refractivity contribution in [1.29, 1.82) is 0 Å². The summed E-state index contributed by atoms with van der Waals surface area (Å²) in [6, 6.07) is 25.7. The van der Waals surface area contributed by atoms with E-state index in [1.54, 1.807) is 0 Å². The van der Waals surface area contributed by atoms with Gasteiger partial charge in [-0.1, -0.05) is 54.6 Å². The van der Waals surface area contributed by atoms with Gasteiger partial charge in [-0.25, -0.2) is 0 Å². The predicted molar refractivity (Wildman–Crippen MR) is 135 cm³/mol. The van der Waals surface area contributed by atoms with Crippen LogP contribution in [-0.2, 0) is 27.4 Å². The molecule has 6 nitrogen and oxygen atoms in total. The number of amides is 2. The van der Waals surface area contributed by atoms with Crippen molar-refractivity contribution in [1.82, 2.24) is 4.90 Å². The number of nitrogens with one attached hydrogen (secondary N) is 1. The Bertz CT molecular complexity index is 1090. The molecule has 6 heteroatoms. The normalized spacial score (nSPS) is 13.6. The van der Waals surface area contributed by atoms with E-state index in [1.165, 1.54) is 0 Å². The first-order valence-corrected chi connectivity index (χ1v) is 11.7. The van der Waals surface area contributed by atoms with Crippen LogP contribution < -0.4 is 10.2 Å². The average molecular weight is 458 g/mol. The number of carbonyl (C=O) groups is 2. The van der Waals surface area contributed by atoms with Crippen LogP contribution in [-0.4, -0.2) is 49.5 Å². The Balaban J connectivity index is 1.21. The van der Waals surface area contributed by atoms with E-state index in [0.717, 1.165) is 41.2 Å². The number of hydrogen-bond acceptors (Lipinski definition) is 4. The largest absolute Gasteiger partial charge is 0.368 e. The van der Waals surface area contributed by atoms with Crippen molar-refractivity contribution >= 4 is 23.2 Å². The molecule has 176 valence electrons. The van der Waals surface area contributed by atoms with Crippen molar-refractivity contribution in [3.05, 3.63) is 95.6 Å². The van der Waals surface area contributed by atoms with Crippen LogP contribution in [0.5, 0.6) is 0 Å². The number of nitrogens with zero attached hydrogens (tertiary/aromatic N) is 2. The van der Waals surface area contributed by atoms with Crippen molar-refractivity contribution in [3.63, 3.8) is 0 Å². The van der Waals surface area contributed by atoms with E-state index in [2.05, 4.69) is 10.2 Å². The molecule has 0 spiro atoms. The van der Waals surface area contributed by atoms with Gasteiger partial charge in [-0.05, 0) is 47.9 Å². The molecule has 0 unspecified atom stereocenters. The second-order valence-corrected chi connectivity index (χ2v) is 8.54. The van der Waals surface area contributed by atoms with Gasteiger partial charge in [0.05, 0.1) is 13.0 Å². The van der Waals surface area contributed by atoms with Crippen LogP contribution in [0.15, 0.2) is 78.9 Å². The number of benzene rings is 3. The van der Waals surface area contributed by atoms with Crippen molar-refractivity contribution in [2.45, 2.75) is 20.0 Å². The van der Waals surface area contributed by atoms with Gasteiger partial charge < -0.3 is 19.9 Å². The Labute approximate surface area is 201 Å². The zero-order valence-electron chi connectivity index (χ0n) is 19.6. The van der Waals surface area contributed by atoms with Crippen LogP contribution in [0.1, 0.15) is 16.7 Å². The fourth-order valence-electron chi connectivity index (χ4n) is 4.09. The summed E-state index contributed by atoms with van der Waals surface area (Å²) < 4.78 is 5.49. The first-order valence-electron chi connectivity index (χ1n) is 11.7. The van der Waals surface area contributed by atoms with Crippen molar-refractivity contribution < 1.29 is 14.3 Å². The molecule has 34 heavy (non-hydrogen) atoms. The fourth-order valence-corrected chi connectivity index (χ4v) is 4.09. The molecule has 0 atom stereocenters. The number of ether oxygens (including phenoxy) is 1. The molecule has 1 N–H and O–H groups in total. The third-order valence-corrected chi connectivity index (χ3v) is 6.10. The molecule has 4 rings (SSSR count). The Morgan fingerprint density at radius 1 is 0.853 bits per heavy atom. The average Bonchev–Trinajstić information content (AvgIpc) is 2.87. The molecule has 0 radical (unpaired) electrons. The molecule has 0 bridgehead atoms. The number of anilines is 2. The lowest BCUT2D eigenvalue weighted by Gasteiger charge is -2.36. The maximum Gasteiger partial charge on any atom is 0.250 e. The SMILES string of the molecule is Cc1ccccc1CC(=O)N1CCN(c2ccc(NC(=O)COCc3ccccc3)cc2)CC1. The number of piperazine rings is 1. The summed E-state index contributed by atoms with van der Waals surface area (Å²) in [6.45, 7) is 5.47. The highest BCUT2D eigenvalue weighted by Gasteiger charge is 2.21. The molecule has 0 aliphatic carbocycles. The lowest BCUT2D eigenvalue weighted by atomic mass is 10.1. The van der Waals surface area contributed by atoms with Crippen LogP contribution in [0, 0.1) is 6.92 Å². The Morgan fingerprint density at radius 3 is 2.24 bits per heavy atom. The monoisotopic (exact) mass is 457 g/mol. The first-order chi connectivity index (χ1) is 16.6. The summed E-state index contributed by atoms with van der Waals surface area (Å²) in [7, 11) is 0. The highest BCUT2D eigenvalue weighted by Crippen LogP contribution is 2.20. The summed E-state index contributed by atoms with van der Waals surface area (Å²) >= 11 is 0. The number of carbonyl (C=O) groups excluding carboxylic acids is 2. The van der Waals surface area contributed by atoms with Crippen LogP contribution >= 0.6 is 0 Å². The molecule has 2 amide bonds. The van der Waals surface area contributed by atoms with Gasteiger partial charge in [0.25, 0.3) is 0 Å². The molecule has 3 aromatic rings. The van der Waals surface area contributed by atoms with Crippen LogP contribution in [0.4, 0.5) is 11.4 Å². The zero-order chi connectivity index (χ0) is 23.8. The summed E-state index contributed by atoms with van der Waals surface area (Å²) in [4.78, 5) is 29.1. The van der Waals surface area contributed by atoms with Crippen LogP contribution in [0.25, 0.3) is 0 Å². The van der Waals surface area contributed by atoms with Crippen molar-refractivity contribution in [2.24, 2.45) is 0 Å².